The summed E-state index contributed by atoms with van der Waals surface area (Å²) in [6.07, 6.45) is 1.70. The Morgan fingerprint density at radius 2 is 1.86 bits per heavy atom. The van der Waals surface area contributed by atoms with Gasteiger partial charge in [0, 0.05) is 24.5 Å². The zero-order valence-corrected chi connectivity index (χ0v) is 15.4. The van der Waals surface area contributed by atoms with E-state index in [4.69, 9.17) is 11.6 Å². The lowest BCUT2D eigenvalue weighted by atomic mass is 9.85. The van der Waals surface area contributed by atoms with Crippen molar-refractivity contribution in [2.75, 3.05) is 0 Å². The van der Waals surface area contributed by atoms with Gasteiger partial charge in [-0.05, 0) is 49.1 Å². The molecule has 0 radical (unpaired) electrons. The first-order valence-electron chi connectivity index (χ1n) is 8.82. The van der Waals surface area contributed by atoms with Crippen LogP contribution in [0.5, 0.6) is 0 Å². The molecular formula is C19H16ClF3N4O. The second-order valence-electron chi connectivity index (χ2n) is 6.82. The molecule has 9 heteroatoms. The molecule has 1 saturated carbocycles. The van der Waals surface area contributed by atoms with E-state index < -0.39 is 17.4 Å². The highest BCUT2D eigenvalue weighted by Gasteiger charge is 2.30. The first-order valence-corrected chi connectivity index (χ1v) is 9.20. The van der Waals surface area contributed by atoms with E-state index in [-0.39, 0.29) is 5.82 Å². The number of rotatable bonds is 4. The van der Waals surface area contributed by atoms with Crippen LogP contribution in [0.1, 0.15) is 24.8 Å². The minimum Gasteiger partial charge on any atom is -0.263 e. The highest BCUT2D eigenvalue weighted by atomic mass is 35.5. The van der Waals surface area contributed by atoms with Crippen LogP contribution in [0, 0.1) is 5.92 Å². The third-order valence-electron chi connectivity index (χ3n) is 4.96. The van der Waals surface area contributed by atoms with Crippen molar-refractivity contribution < 1.29 is 13.2 Å². The van der Waals surface area contributed by atoms with Crippen LogP contribution in [-0.2, 0) is 12.7 Å². The van der Waals surface area contributed by atoms with Crippen LogP contribution in [0.3, 0.4) is 0 Å². The monoisotopic (exact) mass is 408 g/mol. The summed E-state index contributed by atoms with van der Waals surface area (Å²) >= 11 is 6.23. The summed E-state index contributed by atoms with van der Waals surface area (Å²) in [5.74, 6) is 0.658. The van der Waals surface area contributed by atoms with Crippen molar-refractivity contribution in [3.05, 3.63) is 63.8 Å². The Labute approximate surface area is 163 Å². The molecule has 2 heterocycles. The largest absolute Gasteiger partial charge is 0.416 e. The van der Waals surface area contributed by atoms with E-state index in [1.807, 2.05) is 0 Å². The van der Waals surface area contributed by atoms with Crippen molar-refractivity contribution in [2.24, 2.45) is 5.92 Å². The number of pyridine rings is 1. The van der Waals surface area contributed by atoms with Gasteiger partial charge in [-0.15, -0.1) is 5.10 Å². The van der Waals surface area contributed by atoms with Crippen molar-refractivity contribution >= 4 is 11.6 Å². The van der Waals surface area contributed by atoms with Gasteiger partial charge in [0.15, 0.2) is 5.82 Å². The summed E-state index contributed by atoms with van der Waals surface area (Å²) in [5, 5.41) is 4.75. The van der Waals surface area contributed by atoms with Gasteiger partial charge < -0.3 is 0 Å². The van der Waals surface area contributed by atoms with Crippen molar-refractivity contribution in [3.63, 3.8) is 0 Å². The summed E-state index contributed by atoms with van der Waals surface area (Å²) in [7, 11) is 0. The van der Waals surface area contributed by atoms with Gasteiger partial charge in [0.1, 0.15) is 0 Å². The summed E-state index contributed by atoms with van der Waals surface area (Å²) in [6, 6.07) is 6.04. The highest BCUT2D eigenvalue weighted by Crippen LogP contribution is 2.32. The molecule has 3 aromatic rings. The van der Waals surface area contributed by atoms with Crippen LogP contribution in [0.25, 0.3) is 17.1 Å². The molecule has 1 aliphatic rings. The van der Waals surface area contributed by atoms with E-state index in [2.05, 4.69) is 10.1 Å². The highest BCUT2D eigenvalue weighted by molar-refractivity contribution is 6.33. The molecule has 5 nitrogen and oxygen atoms in total. The summed E-state index contributed by atoms with van der Waals surface area (Å²) in [6.45, 7) is 0.474. The van der Waals surface area contributed by atoms with Gasteiger partial charge in [-0.3, -0.25) is 4.98 Å². The molecule has 0 bridgehead atoms. The predicted octanol–water partition coefficient (Wildman–Crippen LogP) is 4.57. The Balaban J connectivity index is 1.84. The molecule has 2 aromatic heterocycles. The molecule has 1 fully saturated rings. The van der Waals surface area contributed by atoms with Crippen molar-refractivity contribution in [2.45, 2.75) is 32.0 Å². The van der Waals surface area contributed by atoms with Crippen molar-refractivity contribution in [1.82, 2.24) is 19.3 Å². The normalized spacial score (nSPS) is 14.9. The Bertz CT molecular complexity index is 1050. The average Bonchev–Trinajstić information content (AvgIpc) is 2.94. The molecule has 146 valence electrons. The summed E-state index contributed by atoms with van der Waals surface area (Å²) in [5.41, 5.74) is -0.411. The lowest BCUT2D eigenvalue weighted by Gasteiger charge is -2.24. The maximum Gasteiger partial charge on any atom is 0.416 e. The fraction of sp³-hybridized carbons (Fsp3) is 0.316. The number of benzene rings is 1. The van der Waals surface area contributed by atoms with Crippen molar-refractivity contribution in [3.8, 4) is 17.1 Å². The lowest BCUT2D eigenvalue weighted by molar-refractivity contribution is -0.137. The van der Waals surface area contributed by atoms with Crippen molar-refractivity contribution in [1.29, 1.82) is 0 Å². The molecule has 0 spiro atoms. The Morgan fingerprint density at radius 3 is 2.43 bits per heavy atom. The van der Waals surface area contributed by atoms with E-state index in [0.29, 0.717) is 28.7 Å². The first-order chi connectivity index (χ1) is 13.3. The first kappa shape index (κ1) is 18.7. The topological polar surface area (TPSA) is 52.7 Å². The number of alkyl halides is 3. The second-order valence-corrected chi connectivity index (χ2v) is 7.23. The maximum absolute atomic E-state index is 13.0. The van der Waals surface area contributed by atoms with Gasteiger partial charge in [-0.25, -0.2) is 14.0 Å². The minimum absolute atomic E-state index is 0.275. The average molecular weight is 409 g/mol. The van der Waals surface area contributed by atoms with Gasteiger partial charge in [-0.1, -0.05) is 18.0 Å². The quantitative estimate of drug-likeness (QED) is 0.635. The van der Waals surface area contributed by atoms with Gasteiger partial charge in [0.2, 0.25) is 0 Å². The smallest absolute Gasteiger partial charge is 0.263 e. The van der Waals surface area contributed by atoms with Crippen LogP contribution in [-0.4, -0.2) is 19.3 Å². The summed E-state index contributed by atoms with van der Waals surface area (Å²) < 4.78 is 41.3. The number of hydrogen-bond donors (Lipinski definition) is 0. The predicted molar refractivity (Wildman–Crippen MR) is 98.4 cm³/mol. The van der Waals surface area contributed by atoms with Gasteiger partial charge in [0.05, 0.1) is 16.3 Å². The molecule has 4 rings (SSSR count). The van der Waals surface area contributed by atoms with E-state index >= 15 is 0 Å². The van der Waals surface area contributed by atoms with Crippen LogP contribution in [0.15, 0.2) is 47.5 Å². The number of hydrogen-bond acceptors (Lipinski definition) is 3. The van der Waals surface area contributed by atoms with E-state index in [1.165, 1.54) is 33.8 Å². The number of aromatic nitrogens is 4. The molecular weight excluding hydrogens is 393 g/mol. The fourth-order valence-electron chi connectivity index (χ4n) is 3.21. The SMILES string of the molecule is O=c1n(CC2CCC2)nc(-c2ccncc2Cl)n1-c1ccc(C(F)(F)F)cc1. The maximum atomic E-state index is 13.0. The molecule has 0 amide bonds. The van der Waals surface area contributed by atoms with Crippen LogP contribution >= 0.6 is 11.6 Å². The van der Waals surface area contributed by atoms with Crippen LogP contribution in [0.4, 0.5) is 13.2 Å². The zero-order chi connectivity index (χ0) is 19.9. The number of nitrogens with zero attached hydrogens (tertiary/aromatic N) is 4. The van der Waals surface area contributed by atoms with E-state index in [1.54, 1.807) is 6.07 Å². The van der Waals surface area contributed by atoms with Gasteiger partial charge >= 0.3 is 11.9 Å². The second kappa shape index (κ2) is 7.09. The zero-order valence-electron chi connectivity index (χ0n) is 14.7. The van der Waals surface area contributed by atoms with Gasteiger partial charge in [-0.2, -0.15) is 13.2 Å². The van der Waals surface area contributed by atoms with Crippen LogP contribution < -0.4 is 5.69 Å². The minimum atomic E-state index is -4.45. The Morgan fingerprint density at radius 1 is 1.14 bits per heavy atom. The Kier molecular flexibility index (Phi) is 4.74. The number of halogens is 4. The van der Waals surface area contributed by atoms with E-state index in [0.717, 1.165) is 31.4 Å². The van der Waals surface area contributed by atoms with Gasteiger partial charge in [0.25, 0.3) is 0 Å². The molecule has 28 heavy (non-hydrogen) atoms. The molecule has 1 aliphatic carbocycles. The molecule has 0 saturated heterocycles. The van der Waals surface area contributed by atoms with Crippen LogP contribution in [0.2, 0.25) is 5.02 Å². The Hall–Kier alpha value is -2.61. The third-order valence-corrected chi connectivity index (χ3v) is 5.26. The molecule has 1 aromatic carbocycles. The third kappa shape index (κ3) is 3.44. The standard InChI is InChI=1S/C19H16ClF3N4O/c20-16-10-24-9-8-15(16)17-25-26(11-12-2-1-3-12)18(28)27(17)14-6-4-13(5-7-14)19(21,22)23/h4-10,12H,1-3,11H2. The lowest BCUT2D eigenvalue weighted by Crippen LogP contribution is -2.29. The molecule has 0 atom stereocenters. The molecule has 0 unspecified atom stereocenters. The molecule has 0 aliphatic heterocycles. The van der Waals surface area contributed by atoms with E-state index in [9.17, 15) is 18.0 Å². The fourth-order valence-corrected chi connectivity index (χ4v) is 3.41. The molecule has 0 N–H and O–H groups in total. The summed E-state index contributed by atoms with van der Waals surface area (Å²) in [4.78, 5) is 16.9.